The van der Waals surface area contributed by atoms with E-state index in [4.69, 9.17) is 14.9 Å². The van der Waals surface area contributed by atoms with Crippen molar-refractivity contribution in [2.24, 2.45) is 0 Å². The first-order valence-electron chi connectivity index (χ1n) is 8.01. The van der Waals surface area contributed by atoms with E-state index in [1.165, 1.54) is 0 Å². The molecule has 0 heterocycles. The smallest absolute Gasteiger partial charge is 0.417 e. The summed E-state index contributed by atoms with van der Waals surface area (Å²) in [5.74, 6) is -0.350. The quantitative estimate of drug-likeness (QED) is 0.308. The molecule has 0 bridgehead atoms. The summed E-state index contributed by atoms with van der Waals surface area (Å²) < 4.78 is 10.4. The van der Waals surface area contributed by atoms with Gasteiger partial charge in [0.15, 0.2) is 0 Å². The molecule has 0 unspecified atom stereocenters. The van der Waals surface area contributed by atoms with Gasteiger partial charge in [-0.05, 0) is 54.4 Å². The van der Waals surface area contributed by atoms with Crippen LogP contribution in [0.5, 0.6) is 0 Å². The van der Waals surface area contributed by atoms with Crippen molar-refractivity contribution in [2.45, 2.75) is 72.0 Å². The zero-order valence-corrected chi connectivity index (χ0v) is 17.1. The van der Waals surface area contributed by atoms with E-state index in [-0.39, 0.29) is 12.5 Å². The lowest BCUT2D eigenvalue weighted by Crippen LogP contribution is -2.49. The molecule has 0 atom stereocenters. The van der Waals surface area contributed by atoms with E-state index in [2.05, 4.69) is 21.2 Å². The highest BCUT2D eigenvalue weighted by molar-refractivity contribution is 9.09. The van der Waals surface area contributed by atoms with Crippen molar-refractivity contribution in [1.29, 1.82) is 5.41 Å². The number of unbranched alkanes of at least 4 members (excludes halogenated alkanes) is 2. The van der Waals surface area contributed by atoms with Gasteiger partial charge in [0, 0.05) is 11.9 Å². The molecule has 0 aliphatic heterocycles. The lowest BCUT2D eigenvalue weighted by atomic mass is 10.2. The predicted molar refractivity (Wildman–Crippen MR) is 97.7 cm³/mol. The molecule has 0 radical (unpaired) electrons. The number of nitrogens with zero attached hydrogens (tertiary/aromatic N) is 1. The second-order valence-corrected chi connectivity index (χ2v) is 8.15. The summed E-state index contributed by atoms with van der Waals surface area (Å²) in [6, 6.07) is 0. The number of carbonyl (C=O) groups excluding carboxylic acids is 2. The second kappa shape index (κ2) is 9.86. The molecule has 2 amide bonds. The zero-order valence-electron chi connectivity index (χ0n) is 15.5. The highest BCUT2D eigenvalue weighted by atomic mass is 79.9. The Balaban J connectivity index is 4.85. The van der Waals surface area contributed by atoms with Crippen molar-refractivity contribution in [3.8, 4) is 0 Å². The largest absolute Gasteiger partial charge is 0.444 e. The standard InChI is InChI=1S/C16H30BrN3O4/c1-15(2,3)23-13(21)19-12(18)20(11-9-7-8-10-17)14(22)24-16(4,5)6/h7-11H2,1-6H3,(H2,18,19,21). The third kappa shape index (κ3) is 11.3. The van der Waals surface area contributed by atoms with Crippen molar-refractivity contribution >= 4 is 34.1 Å². The predicted octanol–water partition coefficient (Wildman–Crippen LogP) is 4.25. The molecule has 0 aliphatic rings. The normalized spacial score (nSPS) is 11.6. The van der Waals surface area contributed by atoms with Crippen molar-refractivity contribution < 1.29 is 19.1 Å². The molecule has 0 spiro atoms. The second-order valence-electron chi connectivity index (χ2n) is 7.36. The highest BCUT2D eigenvalue weighted by Crippen LogP contribution is 2.12. The number of guanidine groups is 1. The first-order valence-corrected chi connectivity index (χ1v) is 9.13. The van der Waals surface area contributed by atoms with Crippen LogP contribution in [-0.4, -0.2) is 46.1 Å². The Morgan fingerprint density at radius 3 is 2.00 bits per heavy atom. The van der Waals surface area contributed by atoms with Gasteiger partial charge in [-0.25, -0.2) is 14.5 Å². The van der Waals surface area contributed by atoms with Crippen LogP contribution in [-0.2, 0) is 9.47 Å². The van der Waals surface area contributed by atoms with Crippen molar-refractivity contribution in [3.63, 3.8) is 0 Å². The highest BCUT2D eigenvalue weighted by Gasteiger charge is 2.27. The number of nitrogens with one attached hydrogen (secondary N) is 2. The Kier molecular flexibility index (Phi) is 9.32. The number of rotatable bonds is 5. The van der Waals surface area contributed by atoms with Crippen molar-refractivity contribution in [3.05, 3.63) is 0 Å². The van der Waals surface area contributed by atoms with Crippen LogP contribution in [0.25, 0.3) is 0 Å². The minimum atomic E-state index is -0.776. The van der Waals surface area contributed by atoms with Gasteiger partial charge >= 0.3 is 12.2 Å². The average Bonchev–Trinajstić information content (AvgIpc) is 2.33. The number of carbonyl (C=O) groups is 2. The summed E-state index contributed by atoms with van der Waals surface area (Å²) in [6.45, 7) is 10.7. The summed E-state index contributed by atoms with van der Waals surface area (Å²) in [7, 11) is 0. The molecule has 0 saturated carbocycles. The van der Waals surface area contributed by atoms with Crippen LogP contribution >= 0.6 is 15.9 Å². The van der Waals surface area contributed by atoms with E-state index in [1.807, 2.05) is 0 Å². The number of hydrogen-bond donors (Lipinski definition) is 2. The minimum absolute atomic E-state index is 0.288. The number of alkyl carbamates (subject to hydrolysis) is 1. The Bertz CT molecular complexity index is 442. The van der Waals surface area contributed by atoms with E-state index >= 15 is 0 Å². The Labute approximate surface area is 153 Å². The van der Waals surface area contributed by atoms with Gasteiger partial charge in [-0.1, -0.05) is 22.4 Å². The molecule has 0 fully saturated rings. The summed E-state index contributed by atoms with van der Waals surface area (Å²) in [5, 5.41) is 11.2. The van der Waals surface area contributed by atoms with Crippen molar-refractivity contribution in [1.82, 2.24) is 10.2 Å². The molecule has 0 aromatic rings. The van der Waals surface area contributed by atoms with Gasteiger partial charge in [-0.2, -0.15) is 0 Å². The monoisotopic (exact) mass is 407 g/mol. The summed E-state index contributed by atoms with van der Waals surface area (Å²) in [4.78, 5) is 25.2. The number of halogens is 1. The molecular weight excluding hydrogens is 378 g/mol. The fourth-order valence-electron chi connectivity index (χ4n) is 1.62. The molecular formula is C16H30BrN3O4. The van der Waals surface area contributed by atoms with E-state index in [0.29, 0.717) is 6.42 Å². The maximum Gasteiger partial charge on any atom is 0.417 e. The Hall–Kier alpha value is -1.31. The van der Waals surface area contributed by atoms with Gasteiger partial charge in [-0.3, -0.25) is 10.7 Å². The molecule has 0 aromatic heterocycles. The van der Waals surface area contributed by atoms with Gasteiger partial charge in [0.1, 0.15) is 11.2 Å². The molecule has 0 saturated heterocycles. The molecule has 2 N–H and O–H groups in total. The van der Waals surface area contributed by atoms with Gasteiger partial charge in [-0.15, -0.1) is 0 Å². The molecule has 24 heavy (non-hydrogen) atoms. The number of hydrogen-bond acceptors (Lipinski definition) is 5. The molecule has 0 aromatic carbocycles. The topological polar surface area (TPSA) is 91.7 Å². The minimum Gasteiger partial charge on any atom is -0.444 e. The average molecular weight is 408 g/mol. The third-order valence-corrected chi connectivity index (χ3v) is 3.08. The summed E-state index contributed by atoms with van der Waals surface area (Å²) >= 11 is 3.35. The van der Waals surface area contributed by atoms with Gasteiger partial charge in [0.05, 0.1) is 0 Å². The molecule has 8 heteroatoms. The number of alkyl halides is 1. The molecule has 7 nitrogen and oxygen atoms in total. The molecule has 140 valence electrons. The van der Waals surface area contributed by atoms with Crippen LogP contribution in [0.1, 0.15) is 60.8 Å². The van der Waals surface area contributed by atoms with E-state index in [9.17, 15) is 9.59 Å². The van der Waals surface area contributed by atoms with Crippen LogP contribution in [0, 0.1) is 5.41 Å². The maximum atomic E-state index is 12.3. The fraction of sp³-hybridized carbons (Fsp3) is 0.812. The lowest BCUT2D eigenvalue weighted by Gasteiger charge is -2.28. The van der Waals surface area contributed by atoms with Crippen LogP contribution < -0.4 is 5.32 Å². The van der Waals surface area contributed by atoms with Crippen molar-refractivity contribution in [2.75, 3.05) is 11.9 Å². The number of ether oxygens (including phenoxy) is 2. The third-order valence-electron chi connectivity index (χ3n) is 2.52. The SMILES string of the molecule is CC(C)(C)OC(=O)NC(=N)N(CCCCCBr)C(=O)OC(C)(C)C. The van der Waals surface area contributed by atoms with Gasteiger partial charge in [0.2, 0.25) is 5.96 Å². The molecule has 0 aliphatic carbocycles. The van der Waals surface area contributed by atoms with Gasteiger partial charge < -0.3 is 9.47 Å². The lowest BCUT2D eigenvalue weighted by molar-refractivity contribution is 0.0355. The number of amides is 2. The van der Waals surface area contributed by atoms with E-state index in [0.717, 1.165) is 23.1 Å². The maximum absolute atomic E-state index is 12.3. The fourth-order valence-corrected chi connectivity index (χ4v) is 2.02. The van der Waals surface area contributed by atoms with Crippen LogP contribution in [0.4, 0.5) is 9.59 Å². The summed E-state index contributed by atoms with van der Waals surface area (Å²) in [6.07, 6.45) is 1.12. The van der Waals surface area contributed by atoms with E-state index in [1.54, 1.807) is 41.5 Å². The van der Waals surface area contributed by atoms with Crippen LogP contribution in [0.2, 0.25) is 0 Å². The van der Waals surface area contributed by atoms with Gasteiger partial charge in [0.25, 0.3) is 0 Å². The zero-order chi connectivity index (χ0) is 19.0. The summed E-state index contributed by atoms with van der Waals surface area (Å²) in [5.41, 5.74) is -1.37. The molecule has 0 rings (SSSR count). The van der Waals surface area contributed by atoms with Crippen LogP contribution in [0.3, 0.4) is 0 Å². The first-order chi connectivity index (χ1) is 10.9. The Morgan fingerprint density at radius 2 is 1.54 bits per heavy atom. The first kappa shape index (κ1) is 22.7. The van der Waals surface area contributed by atoms with Crippen LogP contribution in [0.15, 0.2) is 0 Å². The van der Waals surface area contributed by atoms with E-state index < -0.39 is 23.4 Å². The Morgan fingerprint density at radius 1 is 1.00 bits per heavy atom.